The van der Waals surface area contributed by atoms with Crippen LogP contribution in [-0.2, 0) is 55.0 Å². The molecule has 3 aliphatic heterocycles. The van der Waals surface area contributed by atoms with E-state index in [1.165, 1.54) is 73.3 Å². The van der Waals surface area contributed by atoms with Gasteiger partial charge in [0.2, 0.25) is 0 Å². The highest BCUT2D eigenvalue weighted by Gasteiger charge is 2.40. The number of H-pyrrole nitrogens is 1. The molecule has 0 fully saturated rings. The van der Waals surface area contributed by atoms with Crippen molar-refractivity contribution < 1.29 is 9.47 Å². The van der Waals surface area contributed by atoms with E-state index in [9.17, 15) is 0 Å². The second-order valence-corrected chi connectivity index (χ2v) is 20.1. The second-order valence-electron chi connectivity index (χ2n) is 20.1. The van der Waals surface area contributed by atoms with E-state index in [2.05, 4.69) is 108 Å². The fourth-order valence-electron chi connectivity index (χ4n) is 11.7. The van der Waals surface area contributed by atoms with Gasteiger partial charge >= 0.3 is 0 Å². The predicted molar refractivity (Wildman–Crippen MR) is 267 cm³/mol. The number of fused-ring (bicyclic) bond motifs is 3. The Balaban J connectivity index is 0.000000118. The zero-order chi connectivity index (χ0) is 46.5. The van der Waals surface area contributed by atoms with Gasteiger partial charge in [0.05, 0.1) is 22.8 Å². The van der Waals surface area contributed by atoms with E-state index in [1.807, 2.05) is 38.0 Å². The smallest absolute Gasteiger partial charge is 0.180 e. The number of nitrogens with zero attached hydrogens (tertiary/aromatic N) is 8. The lowest BCUT2D eigenvalue weighted by Crippen LogP contribution is -2.35. The molecule has 6 aromatic rings. The van der Waals surface area contributed by atoms with Crippen molar-refractivity contribution >= 4 is 17.6 Å². The first-order valence-electron chi connectivity index (χ1n) is 24.1. The number of benzene rings is 3. The molecule has 3 aromatic heterocycles. The maximum Gasteiger partial charge on any atom is 0.180 e. The molecule has 6 heterocycles. The molecule has 0 amide bonds. The van der Waals surface area contributed by atoms with Crippen molar-refractivity contribution in [1.29, 1.82) is 0 Å². The van der Waals surface area contributed by atoms with E-state index in [1.54, 1.807) is 6.33 Å². The van der Waals surface area contributed by atoms with Gasteiger partial charge in [-0.25, -0.2) is 20.0 Å². The molecule has 3 N–H and O–H groups in total. The summed E-state index contributed by atoms with van der Waals surface area (Å²) in [5.41, 5.74) is 26.4. The van der Waals surface area contributed by atoms with Crippen LogP contribution in [0.5, 0.6) is 0 Å². The number of aliphatic imine (C=N–C) groups is 3. The zero-order valence-electron chi connectivity index (χ0n) is 40.3. The predicted octanol–water partition coefficient (Wildman–Crippen LogP) is 9.66. The number of aryl methyl sites for hydroxylation is 7. The van der Waals surface area contributed by atoms with Crippen LogP contribution in [0, 0.1) is 27.7 Å². The van der Waals surface area contributed by atoms with Crippen LogP contribution in [0.25, 0.3) is 33.4 Å². The van der Waals surface area contributed by atoms with Crippen molar-refractivity contribution in [2.75, 3.05) is 13.2 Å². The SMILES string of the molecule is CC1=NC2(CCc3cc(-c4c(C)n[nH]c4C)ccc3C2)CO1.CC1=NC2(CCc3cc(-c4c(C)nn(C)c4C)ccc3C2)CO1.NC1=NC2(CCCc3ccc(-c4cncnc4)cc3C2)CC1. The maximum absolute atomic E-state index is 5.97. The average molecular weight is 897 g/mol. The molecule has 12 heteroatoms. The van der Waals surface area contributed by atoms with Gasteiger partial charge in [-0.15, -0.1) is 0 Å². The lowest BCUT2D eigenvalue weighted by Gasteiger charge is -2.30. The summed E-state index contributed by atoms with van der Waals surface area (Å²) in [5.74, 6) is 2.51. The summed E-state index contributed by atoms with van der Waals surface area (Å²) in [6.45, 7) is 13.7. The molecule has 6 aliphatic rings. The molecule has 3 aliphatic carbocycles. The zero-order valence-corrected chi connectivity index (χ0v) is 40.3. The van der Waals surface area contributed by atoms with Gasteiger partial charge < -0.3 is 15.2 Å². The number of nitrogens with one attached hydrogen (secondary N) is 1. The van der Waals surface area contributed by atoms with Crippen LogP contribution >= 0.6 is 0 Å². The van der Waals surface area contributed by atoms with Crippen molar-refractivity contribution in [1.82, 2.24) is 29.9 Å². The van der Waals surface area contributed by atoms with E-state index in [0.29, 0.717) is 0 Å². The van der Waals surface area contributed by atoms with E-state index < -0.39 is 0 Å². The summed E-state index contributed by atoms with van der Waals surface area (Å²) < 4.78 is 13.2. The molecular formula is C55H64N10O2. The summed E-state index contributed by atoms with van der Waals surface area (Å²) in [6, 6.07) is 20.4. The number of hydrogen-bond acceptors (Lipinski definition) is 10. The van der Waals surface area contributed by atoms with Gasteiger partial charge in [-0.3, -0.25) is 14.8 Å². The Kier molecular flexibility index (Phi) is 11.7. The minimum Gasteiger partial charge on any atom is -0.479 e. The number of ether oxygens (including phenoxy) is 2. The van der Waals surface area contributed by atoms with Crippen molar-refractivity contribution in [2.24, 2.45) is 27.8 Å². The summed E-state index contributed by atoms with van der Waals surface area (Å²) in [4.78, 5) is 22.6. The molecule has 0 saturated heterocycles. The van der Waals surface area contributed by atoms with E-state index in [-0.39, 0.29) is 16.6 Å². The standard InChI is InChI=1S/C19H23N3O.C18H20N4.C18H21N3O/c1-12-18(13(2)22(4)21-12)16-5-6-17-10-19(8-7-15(17)9-16)11-23-14(3)20-19;19-17-5-7-18(22-17)6-1-2-13-3-4-14(8-15(13)9-18)16-10-20-12-21-11-16;1-11-17(12(2)21-20-11)15-4-5-16-9-18(7-6-14(16)8-15)10-22-13(3)19-18/h5-6,9H,7-8,10-11H2,1-4H3;3-4,8,10-12H,1-2,5-7,9H2,(H2,19,22);4-5,8H,6-7,9-10H2,1-3H3,(H,20,21). The molecule has 12 rings (SSSR count). The van der Waals surface area contributed by atoms with Gasteiger partial charge in [-0.1, -0.05) is 54.6 Å². The first kappa shape index (κ1) is 44.4. The molecule has 0 radical (unpaired) electrons. The van der Waals surface area contributed by atoms with E-state index in [4.69, 9.17) is 30.2 Å². The van der Waals surface area contributed by atoms with Crippen molar-refractivity contribution in [3.05, 3.63) is 129 Å². The lowest BCUT2D eigenvalue weighted by atomic mass is 9.78. The third-order valence-corrected chi connectivity index (χ3v) is 15.2. The second kappa shape index (κ2) is 17.7. The van der Waals surface area contributed by atoms with E-state index in [0.717, 1.165) is 124 Å². The normalized spacial score (nSPS) is 23.4. The van der Waals surface area contributed by atoms with Crippen molar-refractivity contribution in [3.8, 4) is 33.4 Å². The molecule has 3 aromatic carbocycles. The number of aromatic amines is 1. The van der Waals surface area contributed by atoms with E-state index >= 15 is 0 Å². The summed E-state index contributed by atoms with van der Waals surface area (Å²) in [7, 11) is 2.01. The summed E-state index contributed by atoms with van der Waals surface area (Å²) in [6.07, 6.45) is 18.1. The number of aromatic nitrogens is 6. The van der Waals surface area contributed by atoms with Crippen LogP contribution in [0.3, 0.4) is 0 Å². The van der Waals surface area contributed by atoms with Crippen molar-refractivity contribution in [2.45, 2.75) is 135 Å². The molecule has 3 atom stereocenters. The Bertz CT molecular complexity index is 2930. The Labute approximate surface area is 394 Å². The van der Waals surface area contributed by atoms with Gasteiger partial charge in [0.15, 0.2) is 11.8 Å². The summed E-state index contributed by atoms with van der Waals surface area (Å²) >= 11 is 0. The van der Waals surface area contributed by atoms with Crippen LogP contribution < -0.4 is 5.73 Å². The largest absolute Gasteiger partial charge is 0.479 e. The number of hydrogen-bond donors (Lipinski definition) is 2. The average Bonchev–Trinajstić information content (AvgIpc) is 4.10. The molecule has 3 spiro atoms. The first-order valence-corrected chi connectivity index (χ1v) is 24.1. The topological polar surface area (TPSA) is 154 Å². The fourth-order valence-corrected chi connectivity index (χ4v) is 11.7. The van der Waals surface area contributed by atoms with Gasteiger partial charge in [0.1, 0.15) is 30.6 Å². The molecule has 3 unspecified atom stereocenters. The molecule has 346 valence electrons. The lowest BCUT2D eigenvalue weighted by molar-refractivity contribution is 0.236. The number of amidine groups is 1. The monoisotopic (exact) mass is 897 g/mol. The highest BCUT2D eigenvalue weighted by atomic mass is 16.5. The molecule has 67 heavy (non-hydrogen) atoms. The van der Waals surface area contributed by atoms with Gasteiger partial charge in [0.25, 0.3) is 0 Å². The van der Waals surface area contributed by atoms with Crippen LogP contribution in [0.4, 0.5) is 0 Å². The van der Waals surface area contributed by atoms with Crippen LogP contribution in [-0.4, -0.2) is 77.4 Å². The Morgan fingerprint density at radius 2 is 1.13 bits per heavy atom. The Hall–Kier alpha value is -6.43. The molecule has 12 nitrogen and oxygen atoms in total. The van der Waals surface area contributed by atoms with Crippen LogP contribution in [0.1, 0.15) is 109 Å². The molecule has 0 saturated carbocycles. The third-order valence-electron chi connectivity index (χ3n) is 15.2. The number of rotatable bonds is 3. The highest BCUT2D eigenvalue weighted by molar-refractivity contribution is 5.83. The molecular weight excluding hydrogens is 833 g/mol. The minimum absolute atomic E-state index is 0.0138. The minimum atomic E-state index is -0.0151. The van der Waals surface area contributed by atoms with Crippen molar-refractivity contribution in [3.63, 3.8) is 0 Å². The highest BCUT2D eigenvalue weighted by Crippen LogP contribution is 2.41. The third kappa shape index (κ3) is 8.94. The Morgan fingerprint density at radius 3 is 1.67 bits per heavy atom. The first-order chi connectivity index (χ1) is 32.3. The maximum atomic E-state index is 5.97. The van der Waals surface area contributed by atoms with Crippen LogP contribution in [0.2, 0.25) is 0 Å². The van der Waals surface area contributed by atoms with Crippen LogP contribution in [0.15, 0.2) is 88.3 Å². The molecule has 0 bridgehead atoms. The van der Waals surface area contributed by atoms with Gasteiger partial charge in [0, 0.05) is 80.6 Å². The number of nitrogens with two attached hydrogens (primary N) is 1. The fraction of sp³-hybridized carbons (Fsp3) is 0.436. The summed E-state index contributed by atoms with van der Waals surface area (Å²) in [5, 5.41) is 11.9. The van der Waals surface area contributed by atoms with Gasteiger partial charge in [-0.05, 0) is 136 Å². The quantitative estimate of drug-likeness (QED) is 0.179. The van der Waals surface area contributed by atoms with Gasteiger partial charge in [-0.2, -0.15) is 10.2 Å². The Morgan fingerprint density at radius 1 is 0.567 bits per heavy atom.